The molecule has 1 aromatic carbocycles. The molecule has 1 aliphatic rings. The number of sulfonamides is 1. The minimum Gasteiger partial charge on any atom is -0.357 e. The van der Waals surface area contributed by atoms with E-state index in [9.17, 15) is 8.42 Å². The van der Waals surface area contributed by atoms with Crippen LogP contribution in [0.3, 0.4) is 0 Å². The Kier molecular flexibility index (Phi) is 7.25. The molecule has 1 unspecified atom stereocenters. The van der Waals surface area contributed by atoms with Crippen molar-refractivity contribution in [2.75, 3.05) is 26.2 Å². The van der Waals surface area contributed by atoms with Gasteiger partial charge in [0.2, 0.25) is 10.0 Å². The molecule has 2 rings (SSSR count). The molecule has 0 bridgehead atoms. The first kappa shape index (κ1) is 19.7. The number of benzene rings is 1. The van der Waals surface area contributed by atoms with Crippen molar-refractivity contribution in [2.45, 2.75) is 45.1 Å². The molecule has 1 heterocycles. The van der Waals surface area contributed by atoms with E-state index in [0.29, 0.717) is 30.4 Å². The van der Waals surface area contributed by atoms with Crippen LogP contribution in [0, 0.1) is 5.92 Å². The van der Waals surface area contributed by atoms with Crippen molar-refractivity contribution < 1.29 is 8.42 Å². The molecule has 1 atom stereocenters. The summed E-state index contributed by atoms with van der Waals surface area (Å²) in [6.45, 7) is 9.50. The van der Waals surface area contributed by atoms with E-state index in [4.69, 9.17) is 0 Å². The highest BCUT2D eigenvalue weighted by atomic mass is 32.2. The van der Waals surface area contributed by atoms with Gasteiger partial charge in [0.05, 0.1) is 11.4 Å². The zero-order valence-corrected chi connectivity index (χ0v) is 16.3. The molecule has 2 N–H and O–H groups in total. The standard InChI is InChI=1S/C18H30N4O2S/c1-4-19-18(20-5-2)21-13-16-8-10-17(11-9-16)25(23,24)22-12-6-7-15(3)14-22/h8-11,15H,4-7,12-14H2,1-3H3,(H2,19,20,21). The largest absolute Gasteiger partial charge is 0.357 e. The van der Waals surface area contributed by atoms with Crippen LogP contribution >= 0.6 is 0 Å². The number of piperidine rings is 1. The van der Waals surface area contributed by atoms with Gasteiger partial charge in [0.25, 0.3) is 0 Å². The van der Waals surface area contributed by atoms with Crippen molar-refractivity contribution in [2.24, 2.45) is 10.9 Å². The molecule has 6 nitrogen and oxygen atoms in total. The molecule has 7 heteroatoms. The Morgan fingerprint density at radius 3 is 2.40 bits per heavy atom. The molecule has 0 saturated carbocycles. The third-order valence-corrected chi connectivity index (χ3v) is 6.17. The summed E-state index contributed by atoms with van der Waals surface area (Å²) < 4.78 is 27.1. The highest BCUT2D eigenvalue weighted by Crippen LogP contribution is 2.23. The lowest BCUT2D eigenvalue weighted by Gasteiger charge is -2.30. The number of guanidine groups is 1. The van der Waals surface area contributed by atoms with Crippen LogP contribution in [-0.2, 0) is 16.6 Å². The number of hydrogen-bond donors (Lipinski definition) is 2. The third-order valence-electron chi connectivity index (χ3n) is 4.29. The third kappa shape index (κ3) is 5.44. The van der Waals surface area contributed by atoms with Gasteiger partial charge in [0.1, 0.15) is 0 Å². The summed E-state index contributed by atoms with van der Waals surface area (Å²) in [5.74, 6) is 1.19. The fourth-order valence-electron chi connectivity index (χ4n) is 2.96. The van der Waals surface area contributed by atoms with Crippen LogP contribution in [0.15, 0.2) is 34.2 Å². The first-order valence-electron chi connectivity index (χ1n) is 9.08. The summed E-state index contributed by atoms with van der Waals surface area (Å²) >= 11 is 0. The number of nitrogens with zero attached hydrogens (tertiary/aromatic N) is 2. The molecule has 1 aromatic rings. The summed E-state index contributed by atoms with van der Waals surface area (Å²) in [6, 6.07) is 7.08. The van der Waals surface area contributed by atoms with Crippen molar-refractivity contribution in [3.8, 4) is 0 Å². The highest BCUT2D eigenvalue weighted by molar-refractivity contribution is 7.89. The van der Waals surface area contributed by atoms with Gasteiger partial charge >= 0.3 is 0 Å². The van der Waals surface area contributed by atoms with Gasteiger partial charge in [0, 0.05) is 26.2 Å². The summed E-state index contributed by atoms with van der Waals surface area (Å²) in [7, 11) is -3.39. The Morgan fingerprint density at radius 2 is 1.84 bits per heavy atom. The first-order chi connectivity index (χ1) is 12.0. The summed E-state index contributed by atoms with van der Waals surface area (Å²) in [5.41, 5.74) is 0.985. The number of hydrogen-bond acceptors (Lipinski definition) is 3. The zero-order valence-electron chi connectivity index (χ0n) is 15.5. The van der Waals surface area contributed by atoms with Crippen molar-refractivity contribution in [1.29, 1.82) is 0 Å². The Morgan fingerprint density at radius 1 is 1.20 bits per heavy atom. The van der Waals surface area contributed by atoms with Gasteiger partial charge in [0.15, 0.2) is 5.96 Å². The monoisotopic (exact) mass is 366 g/mol. The van der Waals surface area contributed by atoms with Gasteiger partial charge in [-0.2, -0.15) is 4.31 Å². The minimum absolute atomic E-state index is 0.368. The lowest BCUT2D eigenvalue weighted by molar-refractivity contribution is 0.281. The summed E-state index contributed by atoms with van der Waals surface area (Å²) in [5, 5.41) is 6.35. The maximum atomic E-state index is 12.8. The van der Waals surface area contributed by atoms with Gasteiger partial charge in [-0.25, -0.2) is 13.4 Å². The van der Waals surface area contributed by atoms with Crippen LogP contribution in [0.5, 0.6) is 0 Å². The topological polar surface area (TPSA) is 73.8 Å². The second kappa shape index (κ2) is 9.20. The molecular formula is C18H30N4O2S. The predicted octanol–water partition coefficient (Wildman–Crippen LogP) is 2.18. The molecule has 0 spiro atoms. The molecule has 0 aromatic heterocycles. The fourth-order valence-corrected chi connectivity index (χ4v) is 4.56. The van der Waals surface area contributed by atoms with E-state index in [-0.39, 0.29) is 0 Å². The van der Waals surface area contributed by atoms with E-state index >= 15 is 0 Å². The summed E-state index contributed by atoms with van der Waals surface area (Å²) in [4.78, 5) is 4.87. The quantitative estimate of drug-likeness (QED) is 0.598. The molecule has 1 saturated heterocycles. The fraction of sp³-hybridized carbons (Fsp3) is 0.611. The molecule has 0 aliphatic carbocycles. The minimum atomic E-state index is -3.39. The van der Waals surface area contributed by atoms with Gasteiger partial charge in [-0.3, -0.25) is 0 Å². The molecule has 0 amide bonds. The van der Waals surface area contributed by atoms with Gasteiger partial charge < -0.3 is 10.6 Å². The maximum Gasteiger partial charge on any atom is 0.243 e. The molecule has 0 radical (unpaired) electrons. The average Bonchev–Trinajstić information content (AvgIpc) is 2.60. The maximum absolute atomic E-state index is 12.8. The number of nitrogens with one attached hydrogen (secondary N) is 2. The number of rotatable bonds is 6. The smallest absolute Gasteiger partial charge is 0.243 e. The van der Waals surface area contributed by atoms with E-state index in [1.54, 1.807) is 16.4 Å². The van der Waals surface area contributed by atoms with Gasteiger partial charge in [-0.05, 0) is 50.3 Å². The van der Waals surface area contributed by atoms with Crippen LogP contribution in [-0.4, -0.2) is 44.9 Å². The van der Waals surface area contributed by atoms with Crippen LogP contribution in [0.4, 0.5) is 0 Å². The van der Waals surface area contributed by atoms with E-state index in [2.05, 4.69) is 22.5 Å². The lowest BCUT2D eigenvalue weighted by Crippen LogP contribution is -2.39. The normalized spacial score (nSPS) is 18.6. The average molecular weight is 367 g/mol. The van der Waals surface area contributed by atoms with E-state index in [1.807, 2.05) is 26.0 Å². The van der Waals surface area contributed by atoms with Crippen molar-refractivity contribution in [3.05, 3.63) is 29.8 Å². The van der Waals surface area contributed by atoms with E-state index in [1.165, 1.54) is 0 Å². The predicted molar refractivity (Wildman–Crippen MR) is 102 cm³/mol. The Bertz CT molecular complexity index is 663. The van der Waals surface area contributed by atoms with Crippen LogP contribution < -0.4 is 10.6 Å². The van der Waals surface area contributed by atoms with E-state index in [0.717, 1.165) is 37.5 Å². The van der Waals surface area contributed by atoms with E-state index < -0.39 is 10.0 Å². The second-order valence-corrected chi connectivity index (χ2v) is 8.42. The van der Waals surface area contributed by atoms with Crippen LogP contribution in [0.2, 0.25) is 0 Å². The van der Waals surface area contributed by atoms with Crippen LogP contribution in [0.1, 0.15) is 39.2 Å². The first-order valence-corrected chi connectivity index (χ1v) is 10.5. The SMILES string of the molecule is CCNC(=NCc1ccc(S(=O)(=O)N2CCCC(C)C2)cc1)NCC. The number of aliphatic imine (C=N–C) groups is 1. The van der Waals surface area contributed by atoms with Crippen molar-refractivity contribution in [3.63, 3.8) is 0 Å². The molecule has 1 aliphatic heterocycles. The summed E-state index contributed by atoms with van der Waals surface area (Å²) in [6.07, 6.45) is 2.04. The highest BCUT2D eigenvalue weighted by Gasteiger charge is 2.28. The van der Waals surface area contributed by atoms with Gasteiger partial charge in [-0.1, -0.05) is 19.1 Å². The Hall–Kier alpha value is -1.60. The molecule has 25 heavy (non-hydrogen) atoms. The van der Waals surface area contributed by atoms with Crippen molar-refractivity contribution >= 4 is 16.0 Å². The molecule has 1 fully saturated rings. The van der Waals surface area contributed by atoms with Gasteiger partial charge in [-0.15, -0.1) is 0 Å². The zero-order chi connectivity index (χ0) is 18.3. The Balaban J connectivity index is 2.07. The molecule has 140 valence electrons. The lowest BCUT2D eigenvalue weighted by atomic mass is 10.0. The Labute approximate surface area is 151 Å². The van der Waals surface area contributed by atoms with Crippen LogP contribution in [0.25, 0.3) is 0 Å². The second-order valence-electron chi connectivity index (χ2n) is 6.48. The molecular weight excluding hydrogens is 336 g/mol. The van der Waals surface area contributed by atoms with Crippen molar-refractivity contribution in [1.82, 2.24) is 14.9 Å².